The van der Waals surface area contributed by atoms with Gasteiger partial charge in [-0.25, -0.2) is 0 Å². The highest BCUT2D eigenvalue weighted by molar-refractivity contribution is 7.53. The molecule has 2 unspecified atom stereocenters. The van der Waals surface area contributed by atoms with Crippen LogP contribution in [0.4, 0.5) is 0 Å². The van der Waals surface area contributed by atoms with Crippen LogP contribution in [0.3, 0.4) is 0 Å². The van der Waals surface area contributed by atoms with Gasteiger partial charge in [0.2, 0.25) is 0 Å². The third kappa shape index (κ3) is 24.9. The molecule has 0 saturated carbocycles. The maximum atomic E-state index is 12.7. The SMILES string of the molecule is CCCCCCCCCCC/C=C\CCCCCCCCCCCOC[C@H](COP(=O)(O)C(CC)[N+](C)(C)C)OC. The van der Waals surface area contributed by atoms with Crippen LogP contribution in [0.5, 0.6) is 0 Å². The lowest BCUT2D eigenvalue weighted by atomic mass is 10.1. The molecule has 0 aromatic rings. The molecule has 0 fully saturated rings. The van der Waals surface area contributed by atoms with Crippen LogP contribution in [0.25, 0.3) is 0 Å². The topological polar surface area (TPSA) is 65.0 Å². The van der Waals surface area contributed by atoms with Gasteiger partial charge >= 0.3 is 7.60 Å². The van der Waals surface area contributed by atoms with Gasteiger partial charge in [0.05, 0.1) is 34.4 Å². The quantitative estimate of drug-likeness (QED) is 0.0369. The number of hydrogen-bond donors (Lipinski definition) is 1. The largest absolute Gasteiger partial charge is 0.385 e. The first-order valence-corrected chi connectivity index (χ1v) is 18.9. The van der Waals surface area contributed by atoms with E-state index in [9.17, 15) is 9.46 Å². The zero-order valence-corrected chi connectivity index (χ0v) is 29.1. The van der Waals surface area contributed by atoms with Crippen LogP contribution < -0.4 is 0 Å². The molecular weight excluding hydrogens is 533 g/mol. The number of ether oxygens (including phenoxy) is 2. The van der Waals surface area contributed by atoms with Gasteiger partial charge in [-0.1, -0.05) is 122 Å². The van der Waals surface area contributed by atoms with E-state index < -0.39 is 13.4 Å². The summed E-state index contributed by atoms with van der Waals surface area (Å²) in [7, 11) is 3.59. The van der Waals surface area contributed by atoms with Gasteiger partial charge in [-0.3, -0.25) is 4.57 Å². The van der Waals surface area contributed by atoms with Crippen LogP contribution in [0, 0.1) is 0 Å². The Labute approximate surface area is 256 Å². The standard InChI is InChI=1S/C34H70NO5P/c1-7-9-10-11-12-13-14-15-16-17-18-19-20-21-22-23-24-25-26-27-28-29-30-39-31-33(38-6)32-40-41(36,37)34(8-2)35(3,4)5/h18-19,33-34H,7-17,20-32H2,1-6H3/p+1/b19-18-/t33-,34?/m1/s1. The Bertz CT molecular complexity index is 637. The average Bonchev–Trinajstić information content (AvgIpc) is 2.92. The van der Waals surface area contributed by atoms with Crippen molar-refractivity contribution in [3.05, 3.63) is 12.2 Å². The van der Waals surface area contributed by atoms with Gasteiger partial charge in [-0.15, -0.1) is 0 Å². The fourth-order valence-corrected chi connectivity index (χ4v) is 7.29. The van der Waals surface area contributed by atoms with Gasteiger partial charge in [0.15, 0.2) is 5.78 Å². The maximum absolute atomic E-state index is 12.7. The Morgan fingerprint density at radius 1 is 0.683 bits per heavy atom. The van der Waals surface area contributed by atoms with Crippen LogP contribution in [0.15, 0.2) is 12.2 Å². The third-order valence-electron chi connectivity index (χ3n) is 8.02. The molecular formula is C34H71NO5P+. The van der Waals surface area contributed by atoms with E-state index in [-0.39, 0.29) is 12.7 Å². The van der Waals surface area contributed by atoms with Crippen LogP contribution in [-0.2, 0) is 18.6 Å². The summed E-state index contributed by atoms with van der Waals surface area (Å²) in [6.07, 6.45) is 31.8. The summed E-state index contributed by atoms with van der Waals surface area (Å²) in [5.74, 6) is -0.456. The highest BCUT2D eigenvalue weighted by Gasteiger charge is 2.41. The molecule has 7 heteroatoms. The second kappa shape index (κ2) is 27.3. The molecule has 246 valence electrons. The minimum Gasteiger partial charge on any atom is -0.379 e. The zero-order chi connectivity index (χ0) is 30.7. The van der Waals surface area contributed by atoms with Crippen molar-refractivity contribution in [1.82, 2.24) is 0 Å². The molecule has 0 bridgehead atoms. The Kier molecular flexibility index (Phi) is 27.2. The average molecular weight is 605 g/mol. The van der Waals surface area contributed by atoms with Crippen molar-refractivity contribution in [1.29, 1.82) is 0 Å². The Hall–Kier alpha value is -0.230. The number of allylic oxidation sites excluding steroid dienone is 2. The molecule has 0 rings (SSSR count). The third-order valence-corrected chi connectivity index (χ3v) is 10.3. The molecule has 41 heavy (non-hydrogen) atoms. The summed E-state index contributed by atoms with van der Waals surface area (Å²) in [5.41, 5.74) is 0. The molecule has 0 spiro atoms. The van der Waals surface area contributed by atoms with Crippen molar-refractivity contribution in [3.8, 4) is 0 Å². The fourth-order valence-electron chi connectivity index (χ4n) is 5.40. The highest BCUT2D eigenvalue weighted by atomic mass is 31.2. The van der Waals surface area contributed by atoms with Gasteiger partial charge in [-0.2, -0.15) is 0 Å². The van der Waals surface area contributed by atoms with E-state index in [2.05, 4.69) is 19.1 Å². The Morgan fingerprint density at radius 3 is 1.54 bits per heavy atom. The van der Waals surface area contributed by atoms with Crippen molar-refractivity contribution < 1.29 is 27.9 Å². The lowest BCUT2D eigenvalue weighted by Crippen LogP contribution is -2.45. The van der Waals surface area contributed by atoms with Crippen molar-refractivity contribution in [2.24, 2.45) is 0 Å². The number of hydrogen-bond acceptors (Lipinski definition) is 4. The number of methoxy groups -OCH3 is 1. The molecule has 0 radical (unpaired) electrons. The lowest BCUT2D eigenvalue weighted by Gasteiger charge is -2.35. The first-order chi connectivity index (χ1) is 19.7. The Morgan fingerprint density at radius 2 is 1.12 bits per heavy atom. The van der Waals surface area contributed by atoms with Crippen LogP contribution in [0.1, 0.15) is 149 Å². The van der Waals surface area contributed by atoms with Gasteiger partial charge in [-0.05, 0) is 32.1 Å². The number of unbranched alkanes of at least 4 members (excludes halogenated alkanes) is 18. The minimum atomic E-state index is -3.74. The number of rotatable bonds is 31. The minimum absolute atomic E-state index is 0.0659. The van der Waals surface area contributed by atoms with Gasteiger partial charge in [0.25, 0.3) is 0 Å². The number of nitrogens with zero attached hydrogens (tertiary/aromatic N) is 1. The molecule has 0 aromatic heterocycles. The summed E-state index contributed by atoms with van der Waals surface area (Å²) in [6, 6.07) is 0. The molecule has 1 N–H and O–H groups in total. The molecule has 0 aliphatic carbocycles. The maximum Gasteiger partial charge on any atom is 0.385 e. The first kappa shape index (κ1) is 40.8. The smallest absolute Gasteiger partial charge is 0.379 e. The summed E-state index contributed by atoms with van der Waals surface area (Å²) in [6.45, 7) is 5.34. The fraction of sp³-hybridized carbons (Fsp3) is 0.941. The molecule has 0 aliphatic rings. The second-order valence-electron chi connectivity index (χ2n) is 12.9. The summed E-state index contributed by atoms with van der Waals surface area (Å²) in [4.78, 5) is 10.4. The summed E-state index contributed by atoms with van der Waals surface area (Å²) >= 11 is 0. The van der Waals surface area contributed by atoms with Crippen LogP contribution in [-0.4, -0.2) is 69.3 Å². The molecule has 0 saturated heterocycles. The molecule has 0 aliphatic heterocycles. The van der Waals surface area contributed by atoms with Crippen molar-refractivity contribution in [2.45, 2.75) is 161 Å². The van der Waals surface area contributed by atoms with Gasteiger partial charge < -0.3 is 23.4 Å². The van der Waals surface area contributed by atoms with Crippen molar-refractivity contribution >= 4 is 7.60 Å². The van der Waals surface area contributed by atoms with Gasteiger partial charge in [0, 0.05) is 20.1 Å². The summed E-state index contributed by atoms with van der Waals surface area (Å²) in [5, 5.41) is 0. The van der Waals surface area contributed by atoms with E-state index >= 15 is 0 Å². The van der Waals surface area contributed by atoms with Crippen LogP contribution >= 0.6 is 7.60 Å². The van der Waals surface area contributed by atoms with E-state index in [0.717, 1.165) is 6.42 Å². The van der Waals surface area contributed by atoms with E-state index in [0.29, 0.717) is 24.1 Å². The molecule has 6 nitrogen and oxygen atoms in total. The van der Waals surface area contributed by atoms with E-state index in [4.69, 9.17) is 14.0 Å². The normalized spacial score (nSPS) is 15.4. The van der Waals surface area contributed by atoms with E-state index in [1.165, 1.54) is 122 Å². The predicted molar refractivity (Wildman–Crippen MR) is 177 cm³/mol. The Balaban J connectivity index is 3.53. The second-order valence-corrected chi connectivity index (χ2v) is 14.8. The van der Waals surface area contributed by atoms with Gasteiger partial charge in [0.1, 0.15) is 6.10 Å². The predicted octanol–water partition coefficient (Wildman–Crippen LogP) is 10.0. The van der Waals surface area contributed by atoms with Crippen molar-refractivity contribution in [3.63, 3.8) is 0 Å². The first-order valence-electron chi connectivity index (χ1n) is 17.2. The van der Waals surface area contributed by atoms with E-state index in [1.54, 1.807) is 7.11 Å². The van der Waals surface area contributed by atoms with Crippen LogP contribution in [0.2, 0.25) is 0 Å². The van der Waals surface area contributed by atoms with E-state index in [1.807, 2.05) is 28.1 Å². The molecule has 3 atom stereocenters. The molecule has 0 heterocycles. The lowest BCUT2D eigenvalue weighted by molar-refractivity contribution is -0.883. The summed E-state index contributed by atoms with van der Waals surface area (Å²) < 4.78 is 29.7. The highest BCUT2D eigenvalue weighted by Crippen LogP contribution is 2.51. The molecule has 0 aromatic carbocycles. The van der Waals surface area contributed by atoms with Crippen molar-refractivity contribution in [2.75, 3.05) is 48.1 Å². The number of quaternary nitrogens is 1. The molecule has 0 amide bonds. The monoisotopic (exact) mass is 605 g/mol. The zero-order valence-electron chi connectivity index (χ0n) is 28.3.